The number of hydrogen-bond acceptors (Lipinski definition) is 0. The summed E-state index contributed by atoms with van der Waals surface area (Å²) in [4.78, 5) is 0. The van der Waals surface area contributed by atoms with E-state index in [2.05, 4.69) is 0 Å². The van der Waals surface area contributed by atoms with E-state index in [0.717, 1.165) is 50.3 Å². The normalized spacial score (nSPS) is 21.5. The van der Waals surface area contributed by atoms with Gasteiger partial charge >= 0.3 is 0 Å². The van der Waals surface area contributed by atoms with Crippen molar-refractivity contribution in [3.63, 3.8) is 0 Å². The molecule has 0 radical (unpaired) electrons. The molecule has 0 nitrogen and oxygen atoms in total. The van der Waals surface area contributed by atoms with Gasteiger partial charge in [-0.3, -0.25) is 0 Å². The van der Waals surface area contributed by atoms with Crippen LogP contribution in [0.2, 0.25) is 0 Å². The zero-order valence-corrected chi connectivity index (χ0v) is 14.3. The summed E-state index contributed by atoms with van der Waals surface area (Å²) in [5.41, 5.74) is 1.73. The third-order valence-electron chi connectivity index (χ3n) is 5.14. The fourth-order valence-electron chi connectivity index (χ4n) is 3.67. The van der Waals surface area contributed by atoms with E-state index in [1.54, 1.807) is 24.3 Å². The van der Waals surface area contributed by atoms with Gasteiger partial charge in [-0.15, -0.1) is 0 Å². The number of halogens is 5. The summed E-state index contributed by atoms with van der Waals surface area (Å²) < 4.78 is 66.5. The fraction of sp³-hybridized carbons (Fsp3) is 0.333. The van der Waals surface area contributed by atoms with E-state index in [4.69, 9.17) is 0 Å². The topological polar surface area (TPSA) is 0 Å². The summed E-state index contributed by atoms with van der Waals surface area (Å²) in [6, 6.07) is 8.86. The molecule has 2 aromatic rings. The zero-order chi connectivity index (χ0) is 18.8. The Morgan fingerprint density at radius 2 is 1.23 bits per heavy atom. The Bertz CT molecular complexity index is 788. The molecule has 1 fully saturated rings. The van der Waals surface area contributed by atoms with Gasteiger partial charge in [-0.1, -0.05) is 24.3 Å². The highest BCUT2D eigenvalue weighted by atomic mass is 19.2. The lowest BCUT2D eigenvalue weighted by Crippen LogP contribution is -2.13. The summed E-state index contributed by atoms with van der Waals surface area (Å²) in [6.45, 7) is 1.08. The molecule has 0 atom stereocenters. The van der Waals surface area contributed by atoms with Crippen molar-refractivity contribution in [3.8, 4) is 0 Å². The molecule has 138 valence electrons. The van der Waals surface area contributed by atoms with Crippen LogP contribution < -0.4 is 0 Å². The van der Waals surface area contributed by atoms with E-state index < -0.39 is 29.1 Å². The first-order valence-electron chi connectivity index (χ1n) is 8.63. The highest BCUT2D eigenvalue weighted by molar-refractivity contribution is 5.60. The maximum absolute atomic E-state index is 13.6. The van der Waals surface area contributed by atoms with Crippen molar-refractivity contribution in [2.45, 2.75) is 44.4 Å². The van der Waals surface area contributed by atoms with Crippen LogP contribution in [0.15, 0.2) is 42.2 Å². The second kappa shape index (κ2) is 7.60. The van der Waals surface area contributed by atoms with Crippen LogP contribution in [0.1, 0.15) is 61.1 Å². The van der Waals surface area contributed by atoms with E-state index in [-0.39, 0.29) is 17.4 Å². The average molecular weight is 366 g/mol. The summed E-state index contributed by atoms with van der Waals surface area (Å²) >= 11 is 0. The van der Waals surface area contributed by atoms with Gasteiger partial charge in [0.15, 0.2) is 23.3 Å². The molecule has 0 bridgehead atoms. The Morgan fingerprint density at radius 1 is 0.769 bits per heavy atom. The average Bonchev–Trinajstić information content (AvgIpc) is 2.65. The highest BCUT2D eigenvalue weighted by Gasteiger charge is 2.25. The van der Waals surface area contributed by atoms with Gasteiger partial charge in [-0.25, -0.2) is 22.0 Å². The maximum Gasteiger partial charge on any atom is 0.194 e. The van der Waals surface area contributed by atoms with Crippen LogP contribution in [0.4, 0.5) is 22.0 Å². The molecular weight excluding hydrogens is 347 g/mol. The van der Waals surface area contributed by atoms with Crippen LogP contribution in [0, 0.1) is 17.5 Å². The van der Waals surface area contributed by atoms with Gasteiger partial charge in [0.25, 0.3) is 0 Å². The maximum atomic E-state index is 13.6. The minimum atomic E-state index is -1.44. The van der Waals surface area contributed by atoms with Crippen LogP contribution in [-0.4, -0.2) is 0 Å². The molecule has 1 aliphatic rings. The van der Waals surface area contributed by atoms with Gasteiger partial charge in [-0.2, -0.15) is 0 Å². The lowest BCUT2D eigenvalue weighted by atomic mass is 9.76. The second-order valence-electron chi connectivity index (χ2n) is 6.82. The Kier molecular flexibility index (Phi) is 5.44. The third-order valence-corrected chi connectivity index (χ3v) is 5.14. The predicted molar refractivity (Wildman–Crippen MR) is 91.5 cm³/mol. The summed E-state index contributed by atoms with van der Waals surface area (Å²) in [5.74, 6) is -5.21. The van der Waals surface area contributed by atoms with Gasteiger partial charge in [-0.05, 0) is 67.7 Å². The molecule has 3 rings (SSSR count). The number of rotatable bonds is 3. The molecule has 5 heteroatoms. The molecule has 26 heavy (non-hydrogen) atoms. The number of benzene rings is 2. The summed E-state index contributed by atoms with van der Waals surface area (Å²) in [7, 11) is 0. The quantitative estimate of drug-likeness (QED) is 0.399. The zero-order valence-electron chi connectivity index (χ0n) is 14.3. The summed E-state index contributed by atoms with van der Waals surface area (Å²) in [5, 5.41) is 0. The van der Waals surface area contributed by atoms with Crippen molar-refractivity contribution < 1.29 is 22.0 Å². The van der Waals surface area contributed by atoms with Gasteiger partial charge in [0, 0.05) is 5.56 Å². The van der Waals surface area contributed by atoms with Crippen molar-refractivity contribution in [1.29, 1.82) is 0 Å². The standard InChI is InChI=1S/C21H19F5/c1-12(22)20(25)16-8-6-14(7-9-16)13-2-4-15(5-3-13)17-10-18(23)21(26)19(24)11-17/h6-11,13,15H,2-5H2,1H3/b20-12+. The van der Waals surface area contributed by atoms with Gasteiger partial charge in [0.05, 0.1) is 0 Å². The van der Waals surface area contributed by atoms with Gasteiger partial charge in [0.1, 0.15) is 5.83 Å². The molecule has 1 saturated carbocycles. The van der Waals surface area contributed by atoms with Crippen LogP contribution in [0.5, 0.6) is 0 Å². The smallest absolute Gasteiger partial charge is 0.194 e. The van der Waals surface area contributed by atoms with Crippen LogP contribution >= 0.6 is 0 Å². The van der Waals surface area contributed by atoms with Crippen molar-refractivity contribution in [2.24, 2.45) is 0 Å². The Labute approximate surface area is 149 Å². The highest BCUT2D eigenvalue weighted by Crippen LogP contribution is 2.41. The monoisotopic (exact) mass is 366 g/mol. The molecule has 0 amide bonds. The Morgan fingerprint density at radius 3 is 1.69 bits per heavy atom. The molecule has 0 aromatic heterocycles. The van der Waals surface area contributed by atoms with Gasteiger partial charge in [0.2, 0.25) is 0 Å². The molecular formula is C21H19F5. The van der Waals surface area contributed by atoms with E-state index >= 15 is 0 Å². The lowest BCUT2D eigenvalue weighted by Gasteiger charge is -2.29. The SMILES string of the molecule is C/C(F)=C(\F)c1ccc(C2CCC(c3cc(F)c(F)c(F)c3)CC2)cc1. The van der Waals surface area contributed by atoms with Crippen LogP contribution in [0.25, 0.3) is 5.83 Å². The minimum Gasteiger partial charge on any atom is -0.209 e. The van der Waals surface area contributed by atoms with E-state index in [9.17, 15) is 22.0 Å². The summed E-state index contributed by atoms with van der Waals surface area (Å²) in [6.07, 6.45) is 3.08. The first-order chi connectivity index (χ1) is 12.4. The number of allylic oxidation sites excluding steroid dienone is 1. The molecule has 0 aliphatic heterocycles. The predicted octanol–water partition coefficient (Wildman–Crippen LogP) is 7.17. The molecule has 0 saturated heterocycles. The number of hydrogen-bond donors (Lipinski definition) is 0. The molecule has 0 N–H and O–H groups in total. The van der Waals surface area contributed by atoms with Crippen molar-refractivity contribution in [1.82, 2.24) is 0 Å². The third kappa shape index (κ3) is 3.81. The van der Waals surface area contributed by atoms with Crippen molar-refractivity contribution in [2.75, 3.05) is 0 Å². The fourth-order valence-corrected chi connectivity index (χ4v) is 3.67. The van der Waals surface area contributed by atoms with Gasteiger partial charge < -0.3 is 0 Å². The molecule has 0 unspecified atom stereocenters. The minimum absolute atomic E-state index is 0.00955. The van der Waals surface area contributed by atoms with E-state index in [1.165, 1.54) is 0 Å². The van der Waals surface area contributed by atoms with Crippen molar-refractivity contribution in [3.05, 3.63) is 76.4 Å². The lowest BCUT2D eigenvalue weighted by molar-refractivity contribution is 0.389. The molecule has 0 spiro atoms. The van der Waals surface area contributed by atoms with Crippen LogP contribution in [0.3, 0.4) is 0 Å². The first kappa shape index (κ1) is 18.6. The van der Waals surface area contributed by atoms with Crippen molar-refractivity contribution >= 4 is 5.83 Å². The molecule has 0 heterocycles. The van der Waals surface area contributed by atoms with Crippen LogP contribution in [-0.2, 0) is 0 Å². The Balaban J connectivity index is 1.68. The van der Waals surface area contributed by atoms with E-state index in [0.29, 0.717) is 5.56 Å². The molecule has 1 aliphatic carbocycles. The second-order valence-corrected chi connectivity index (χ2v) is 6.82. The first-order valence-corrected chi connectivity index (χ1v) is 8.63. The van der Waals surface area contributed by atoms with E-state index in [1.807, 2.05) is 0 Å². The molecule has 2 aromatic carbocycles. The largest absolute Gasteiger partial charge is 0.209 e. The Hall–Kier alpha value is -2.17.